The number of hydrogen-bond donors (Lipinski definition) is 3. The van der Waals surface area contributed by atoms with Crippen LogP contribution in [-0.2, 0) is 0 Å². The van der Waals surface area contributed by atoms with Gasteiger partial charge in [0.05, 0.1) is 37.8 Å². The lowest BCUT2D eigenvalue weighted by molar-refractivity contribution is -0.386. The number of nitro groups is 2. The zero-order valence-electron chi connectivity index (χ0n) is 16.4. The predicted octanol–water partition coefficient (Wildman–Crippen LogP) is 3.89. The summed E-state index contributed by atoms with van der Waals surface area (Å²) in [5.41, 5.74) is -0.341. The molecule has 0 unspecified atom stereocenters. The standard InChI is InChI=1S/C21H12N4O8/c26-17-5-2-10(8-15(17)24(30)31)19-20(11-3-6-18(27)16(9-11)25(32)33)23-14-7-12(21(28)29)1-4-13(14)22-19/h1-9,26-27H,(H,28,29). The molecule has 0 saturated heterocycles. The van der Waals surface area contributed by atoms with Gasteiger partial charge in [0.2, 0.25) is 0 Å². The summed E-state index contributed by atoms with van der Waals surface area (Å²) >= 11 is 0. The van der Waals surface area contributed by atoms with E-state index in [0.717, 1.165) is 24.3 Å². The Balaban J connectivity index is 2.05. The Morgan fingerprint density at radius 3 is 1.67 bits per heavy atom. The highest BCUT2D eigenvalue weighted by molar-refractivity contribution is 5.94. The van der Waals surface area contributed by atoms with Crippen LogP contribution in [0, 0.1) is 20.2 Å². The van der Waals surface area contributed by atoms with E-state index in [0.29, 0.717) is 0 Å². The molecule has 1 aromatic heterocycles. The molecule has 12 nitrogen and oxygen atoms in total. The highest BCUT2D eigenvalue weighted by Crippen LogP contribution is 2.38. The van der Waals surface area contributed by atoms with Crippen molar-refractivity contribution in [3.05, 3.63) is 80.4 Å². The molecule has 1 heterocycles. The minimum Gasteiger partial charge on any atom is -0.502 e. The van der Waals surface area contributed by atoms with Gasteiger partial charge in [-0.25, -0.2) is 14.8 Å². The van der Waals surface area contributed by atoms with Crippen LogP contribution in [0.25, 0.3) is 33.5 Å². The third-order valence-electron chi connectivity index (χ3n) is 4.80. The van der Waals surface area contributed by atoms with Crippen molar-refractivity contribution in [3.8, 4) is 34.0 Å². The van der Waals surface area contributed by atoms with Crippen LogP contribution in [-0.4, -0.2) is 41.1 Å². The number of nitrogens with zero attached hydrogens (tertiary/aromatic N) is 4. The van der Waals surface area contributed by atoms with Crippen molar-refractivity contribution < 1.29 is 30.0 Å². The van der Waals surface area contributed by atoms with Gasteiger partial charge in [0.15, 0.2) is 11.5 Å². The number of nitro benzene ring substituents is 2. The Kier molecular flexibility index (Phi) is 5.02. The number of aromatic carboxylic acids is 1. The topological polar surface area (TPSA) is 190 Å². The zero-order valence-corrected chi connectivity index (χ0v) is 16.4. The first-order chi connectivity index (χ1) is 15.7. The number of carboxylic acid groups (broad SMARTS) is 1. The lowest BCUT2D eigenvalue weighted by atomic mass is 10.0. The highest BCUT2D eigenvalue weighted by atomic mass is 16.6. The van der Waals surface area contributed by atoms with Crippen molar-refractivity contribution >= 4 is 28.4 Å². The maximum atomic E-state index is 11.3. The number of aromatic nitrogens is 2. The number of carboxylic acids is 1. The lowest BCUT2D eigenvalue weighted by Crippen LogP contribution is -2.00. The predicted molar refractivity (Wildman–Crippen MR) is 114 cm³/mol. The van der Waals surface area contributed by atoms with Gasteiger partial charge in [-0.1, -0.05) is 0 Å². The van der Waals surface area contributed by atoms with Crippen molar-refractivity contribution in [2.24, 2.45) is 0 Å². The van der Waals surface area contributed by atoms with E-state index in [1.807, 2.05) is 0 Å². The molecule has 0 spiro atoms. The van der Waals surface area contributed by atoms with Gasteiger partial charge in [-0.3, -0.25) is 20.2 Å². The summed E-state index contributed by atoms with van der Waals surface area (Å²) < 4.78 is 0. The molecule has 164 valence electrons. The third kappa shape index (κ3) is 3.83. The third-order valence-corrected chi connectivity index (χ3v) is 4.80. The molecule has 0 aliphatic carbocycles. The van der Waals surface area contributed by atoms with Gasteiger partial charge < -0.3 is 15.3 Å². The molecule has 3 aromatic carbocycles. The summed E-state index contributed by atoms with van der Waals surface area (Å²) in [6.45, 7) is 0. The average molecular weight is 448 g/mol. The molecule has 0 atom stereocenters. The van der Waals surface area contributed by atoms with Crippen molar-refractivity contribution in [2.45, 2.75) is 0 Å². The van der Waals surface area contributed by atoms with Gasteiger partial charge >= 0.3 is 17.3 Å². The average Bonchev–Trinajstić information content (AvgIpc) is 2.78. The van der Waals surface area contributed by atoms with Crippen LogP contribution in [0.1, 0.15) is 10.4 Å². The second-order valence-electron chi connectivity index (χ2n) is 6.85. The SMILES string of the molecule is O=C(O)c1ccc2nc(-c3ccc(O)c([N+](=O)[O-])c3)c(-c3ccc(O)c([N+](=O)[O-])c3)nc2c1. The lowest BCUT2D eigenvalue weighted by Gasteiger charge is -2.11. The van der Waals surface area contributed by atoms with Crippen LogP contribution >= 0.6 is 0 Å². The second-order valence-corrected chi connectivity index (χ2v) is 6.85. The molecule has 0 bridgehead atoms. The van der Waals surface area contributed by atoms with E-state index in [-0.39, 0.29) is 39.1 Å². The number of aromatic hydroxyl groups is 2. The molecule has 0 saturated carbocycles. The van der Waals surface area contributed by atoms with Crippen LogP contribution in [0.5, 0.6) is 11.5 Å². The van der Waals surface area contributed by atoms with Crippen LogP contribution in [0.15, 0.2) is 54.6 Å². The molecule has 0 aliphatic rings. The molecule has 3 N–H and O–H groups in total. The minimum atomic E-state index is -1.20. The van der Waals surface area contributed by atoms with Crippen molar-refractivity contribution in [1.82, 2.24) is 9.97 Å². The van der Waals surface area contributed by atoms with Crippen molar-refractivity contribution in [1.29, 1.82) is 0 Å². The van der Waals surface area contributed by atoms with Gasteiger partial charge in [-0.05, 0) is 42.5 Å². The fourth-order valence-electron chi connectivity index (χ4n) is 3.22. The summed E-state index contributed by atoms with van der Waals surface area (Å²) in [6, 6.07) is 11.0. The Bertz CT molecular complexity index is 1490. The van der Waals surface area contributed by atoms with Crippen LogP contribution < -0.4 is 0 Å². The molecule has 0 radical (unpaired) electrons. The molecule has 0 amide bonds. The summed E-state index contributed by atoms with van der Waals surface area (Å²) in [4.78, 5) is 41.2. The van der Waals surface area contributed by atoms with Crippen LogP contribution in [0.2, 0.25) is 0 Å². The van der Waals surface area contributed by atoms with Crippen molar-refractivity contribution in [2.75, 3.05) is 0 Å². The maximum Gasteiger partial charge on any atom is 0.335 e. The normalized spacial score (nSPS) is 10.8. The zero-order chi connectivity index (χ0) is 23.9. The first-order valence-corrected chi connectivity index (χ1v) is 9.16. The van der Waals surface area contributed by atoms with Crippen LogP contribution in [0.4, 0.5) is 11.4 Å². The van der Waals surface area contributed by atoms with Gasteiger partial charge in [0.25, 0.3) is 0 Å². The second kappa shape index (κ2) is 7.85. The van der Waals surface area contributed by atoms with E-state index in [4.69, 9.17) is 0 Å². The van der Waals surface area contributed by atoms with E-state index >= 15 is 0 Å². The number of carbonyl (C=O) groups is 1. The van der Waals surface area contributed by atoms with Gasteiger partial charge in [0.1, 0.15) is 0 Å². The Labute approximate surface area is 183 Å². The number of phenols is 2. The van der Waals surface area contributed by atoms with Gasteiger partial charge in [-0.15, -0.1) is 0 Å². The maximum absolute atomic E-state index is 11.3. The van der Waals surface area contributed by atoms with E-state index in [2.05, 4.69) is 9.97 Å². The first kappa shape index (κ1) is 21.1. The Morgan fingerprint density at radius 2 is 1.21 bits per heavy atom. The smallest absolute Gasteiger partial charge is 0.335 e. The first-order valence-electron chi connectivity index (χ1n) is 9.16. The van der Waals surface area contributed by atoms with E-state index in [9.17, 15) is 40.3 Å². The van der Waals surface area contributed by atoms with Gasteiger partial charge in [0, 0.05) is 23.3 Å². The molecule has 4 rings (SSSR count). The summed E-state index contributed by atoms with van der Waals surface area (Å²) in [5.74, 6) is -2.34. The number of phenolic OH excluding ortho intramolecular Hbond substituents is 2. The monoisotopic (exact) mass is 448 g/mol. The molecule has 33 heavy (non-hydrogen) atoms. The van der Waals surface area contributed by atoms with Crippen molar-refractivity contribution in [3.63, 3.8) is 0 Å². The summed E-state index contributed by atoms with van der Waals surface area (Å²) in [7, 11) is 0. The van der Waals surface area contributed by atoms with Crippen LogP contribution in [0.3, 0.4) is 0 Å². The molecule has 0 aliphatic heterocycles. The summed E-state index contributed by atoms with van der Waals surface area (Å²) in [5, 5.41) is 51.4. The number of hydrogen-bond acceptors (Lipinski definition) is 9. The largest absolute Gasteiger partial charge is 0.502 e. The summed E-state index contributed by atoms with van der Waals surface area (Å²) in [6.07, 6.45) is 0. The van der Waals surface area contributed by atoms with E-state index in [1.54, 1.807) is 0 Å². The number of benzene rings is 3. The Morgan fingerprint density at radius 1 is 0.727 bits per heavy atom. The molecular formula is C21H12N4O8. The molecule has 0 fully saturated rings. The molecule has 4 aromatic rings. The van der Waals surface area contributed by atoms with E-state index < -0.39 is 38.7 Å². The van der Waals surface area contributed by atoms with E-state index in [1.165, 1.54) is 30.3 Å². The quantitative estimate of drug-likeness (QED) is 0.298. The fraction of sp³-hybridized carbons (Fsp3) is 0. The number of rotatable bonds is 5. The fourth-order valence-corrected chi connectivity index (χ4v) is 3.22. The highest BCUT2D eigenvalue weighted by Gasteiger charge is 2.22. The number of fused-ring (bicyclic) bond motifs is 1. The molecule has 12 heteroatoms. The van der Waals surface area contributed by atoms with Gasteiger partial charge in [-0.2, -0.15) is 0 Å². The Hall–Kier alpha value is -5.13. The molecular weight excluding hydrogens is 436 g/mol. The minimum absolute atomic E-state index is 0.0492.